The number of nitrogens with zero attached hydrogens (tertiary/aromatic N) is 1. The van der Waals surface area contributed by atoms with Gasteiger partial charge in [-0.05, 0) is 12.1 Å². The SMILES string of the molecule is O=c1[nH]ncc2ccc(C(F)(F)F)cc12. The van der Waals surface area contributed by atoms with E-state index in [-0.39, 0.29) is 5.39 Å². The van der Waals surface area contributed by atoms with E-state index in [1.807, 2.05) is 0 Å². The Labute approximate surface area is 81.5 Å². The summed E-state index contributed by atoms with van der Waals surface area (Å²) in [5.41, 5.74) is -1.47. The van der Waals surface area contributed by atoms with Crippen molar-refractivity contribution < 1.29 is 13.2 Å². The highest BCUT2D eigenvalue weighted by Crippen LogP contribution is 2.30. The zero-order valence-electron chi connectivity index (χ0n) is 7.30. The van der Waals surface area contributed by atoms with Crippen LogP contribution in [0.25, 0.3) is 10.8 Å². The number of fused-ring (bicyclic) bond motifs is 1. The molecule has 0 aliphatic heterocycles. The summed E-state index contributed by atoms with van der Waals surface area (Å²) in [5, 5.41) is 5.93. The van der Waals surface area contributed by atoms with Crippen LogP contribution in [0.2, 0.25) is 0 Å². The number of aromatic nitrogens is 2. The van der Waals surface area contributed by atoms with E-state index in [1.54, 1.807) is 0 Å². The van der Waals surface area contributed by atoms with Crippen LogP contribution in [-0.4, -0.2) is 10.2 Å². The van der Waals surface area contributed by atoms with Gasteiger partial charge in [-0.2, -0.15) is 18.3 Å². The highest BCUT2D eigenvalue weighted by atomic mass is 19.4. The monoisotopic (exact) mass is 214 g/mol. The van der Waals surface area contributed by atoms with E-state index in [9.17, 15) is 18.0 Å². The molecule has 0 radical (unpaired) electrons. The molecule has 0 unspecified atom stereocenters. The number of halogens is 3. The second-order valence-corrected chi connectivity index (χ2v) is 3.00. The first kappa shape index (κ1) is 9.70. The maximum atomic E-state index is 12.3. The summed E-state index contributed by atoms with van der Waals surface area (Å²) in [7, 11) is 0. The van der Waals surface area contributed by atoms with Gasteiger partial charge in [-0.15, -0.1) is 0 Å². The third kappa shape index (κ3) is 1.70. The normalized spacial score (nSPS) is 11.9. The Balaban J connectivity index is 2.76. The number of alkyl halides is 3. The van der Waals surface area contributed by atoms with Crippen LogP contribution >= 0.6 is 0 Å². The lowest BCUT2D eigenvalue weighted by Crippen LogP contribution is -2.10. The van der Waals surface area contributed by atoms with E-state index in [1.165, 1.54) is 12.3 Å². The van der Waals surface area contributed by atoms with Crippen LogP contribution < -0.4 is 5.56 Å². The molecule has 0 spiro atoms. The van der Waals surface area contributed by atoms with Crippen LogP contribution in [0.5, 0.6) is 0 Å². The molecule has 1 aromatic carbocycles. The molecule has 0 saturated heterocycles. The Morgan fingerprint density at radius 3 is 2.67 bits per heavy atom. The van der Waals surface area contributed by atoms with Crippen molar-refractivity contribution in [2.45, 2.75) is 6.18 Å². The van der Waals surface area contributed by atoms with Crippen LogP contribution in [0.3, 0.4) is 0 Å². The molecule has 0 bridgehead atoms. The van der Waals surface area contributed by atoms with Gasteiger partial charge in [-0.1, -0.05) is 6.07 Å². The summed E-state index contributed by atoms with van der Waals surface area (Å²) >= 11 is 0. The quantitative estimate of drug-likeness (QED) is 0.728. The summed E-state index contributed by atoms with van der Waals surface area (Å²) in [6.45, 7) is 0. The Morgan fingerprint density at radius 2 is 2.00 bits per heavy atom. The minimum Gasteiger partial charge on any atom is -0.267 e. The van der Waals surface area contributed by atoms with Crippen molar-refractivity contribution in [3.8, 4) is 0 Å². The first-order valence-corrected chi connectivity index (χ1v) is 4.03. The van der Waals surface area contributed by atoms with Gasteiger partial charge in [0.1, 0.15) is 0 Å². The van der Waals surface area contributed by atoms with Crippen LogP contribution in [0.15, 0.2) is 29.2 Å². The third-order valence-corrected chi connectivity index (χ3v) is 1.99. The van der Waals surface area contributed by atoms with Gasteiger partial charge in [0.15, 0.2) is 0 Å². The zero-order chi connectivity index (χ0) is 11.1. The molecule has 0 fully saturated rings. The summed E-state index contributed by atoms with van der Waals surface area (Å²) in [6, 6.07) is 2.96. The first-order valence-electron chi connectivity index (χ1n) is 4.03. The number of nitrogens with one attached hydrogen (secondary N) is 1. The lowest BCUT2D eigenvalue weighted by molar-refractivity contribution is -0.137. The van der Waals surface area contributed by atoms with E-state index in [4.69, 9.17) is 0 Å². The molecule has 2 aromatic rings. The molecule has 6 heteroatoms. The van der Waals surface area contributed by atoms with Gasteiger partial charge in [0.2, 0.25) is 0 Å². The molecule has 0 aliphatic rings. The molecule has 78 valence electrons. The van der Waals surface area contributed by atoms with Crippen molar-refractivity contribution in [2.24, 2.45) is 0 Å². The highest BCUT2D eigenvalue weighted by Gasteiger charge is 2.30. The number of H-pyrrole nitrogens is 1. The lowest BCUT2D eigenvalue weighted by atomic mass is 10.1. The minimum atomic E-state index is -4.44. The number of hydrogen-bond acceptors (Lipinski definition) is 2. The molecule has 1 N–H and O–H groups in total. The van der Waals surface area contributed by atoms with Crippen molar-refractivity contribution in [1.29, 1.82) is 0 Å². The fourth-order valence-electron chi connectivity index (χ4n) is 1.26. The highest BCUT2D eigenvalue weighted by molar-refractivity contribution is 5.81. The van der Waals surface area contributed by atoms with Gasteiger partial charge < -0.3 is 0 Å². The van der Waals surface area contributed by atoms with E-state index in [0.717, 1.165) is 12.1 Å². The van der Waals surface area contributed by atoms with Crippen molar-refractivity contribution in [3.05, 3.63) is 40.3 Å². The van der Waals surface area contributed by atoms with Crippen LogP contribution in [0.1, 0.15) is 5.56 Å². The maximum absolute atomic E-state index is 12.3. The summed E-state index contributed by atoms with van der Waals surface area (Å²) < 4.78 is 37.0. The largest absolute Gasteiger partial charge is 0.416 e. The molecule has 2 rings (SSSR count). The van der Waals surface area contributed by atoms with E-state index >= 15 is 0 Å². The number of aromatic amines is 1. The molecule has 1 heterocycles. The average Bonchev–Trinajstić information content (AvgIpc) is 2.16. The number of hydrogen-bond donors (Lipinski definition) is 1. The topological polar surface area (TPSA) is 45.8 Å². The Bertz CT molecular complexity index is 559. The predicted molar refractivity (Wildman–Crippen MR) is 47.4 cm³/mol. The molecular formula is C9H5F3N2O. The van der Waals surface area contributed by atoms with E-state index < -0.39 is 17.3 Å². The molecule has 3 nitrogen and oxygen atoms in total. The molecule has 15 heavy (non-hydrogen) atoms. The third-order valence-electron chi connectivity index (χ3n) is 1.99. The molecule has 0 amide bonds. The molecule has 0 atom stereocenters. The summed E-state index contributed by atoms with van der Waals surface area (Å²) in [5.74, 6) is 0. The second kappa shape index (κ2) is 3.08. The first-order chi connectivity index (χ1) is 6.98. The number of rotatable bonds is 0. The minimum absolute atomic E-state index is 0.0141. The van der Waals surface area contributed by atoms with Crippen LogP contribution in [0, 0.1) is 0 Å². The average molecular weight is 214 g/mol. The van der Waals surface area contributed by atoms with Crippen molar-refractivity contribution >= 4 is 10.8 Å². The smallest absolute Gasteiger partial charge is 0.267 e. The molecule has 0 saturated carbocycles. The molecular weight excluding hydrogens is 209 g/mol. The van der Waals surface area contributed by atoms with Crippen molar-refractivity contribution in [2.75, 3.05) is 0 Å². The zero-order valence-corrected chi connectivity index (χ0v) is 7.30. The lowest BCUT2D eigenvalue weighted by Gasteiger charge is -2.06. The Hall–Kier alpha value is -1.85. The van der Waals surface area contributed by atoms with Crippen molar-refractivity contribution in [3.63, 3.8) is 0 Å². The molecule has 1 aromatic heterocycles. The van der Waals surface area contributed by atoms with Gasteiger partial charge in [-0.25, -0.2) is 5.10 Å². The Kier molecular flexibility index (Phi) is 1.99. The predicted octanol–water partition coefficient (Wildman–Crippen LogP) is 1.94. The fourth-order valence-corrected chi connectivity index (χ4v) is 1.26. The van der Waals surface area contributed by atoms with Crippen LogP contribution in [-0.2, 0) is 6.18 Å². The maximum Gasteiger partial charge on any atom is 0.416 e. The Morgan fingerprint density at radius 1 is 1.27 bits per heavy atom. The van der Waals surface area contributed by atoms with E-state index in [0.29, 0.717) is 5.39 Å². The number of benzene rings is 1. The second-order valence-electron chi connectivity index (χ2n) is 3.00. The fraction of sp³-hybridized carbons (Fsp3) is 0.111. The van der Waals surface area contributed by atoms with Gasteiger partial charge in [0, 0.05) is 5.39 Å². The molecule has 0 aliphatic carbocycles. The summed E-state index contributed by atoms with van der Waals surface area (Å²) in [4.78, 5) is 11.2. The van der Waals surface area contributed by atoms with Crippen molar-refractivity contribution in [1.82, 2.24) is 10.2 Å². The standard InChI is InChI=1S/C9H5F3N2O/c10-9(11,12)6-2-1-5-4-13-14-8(15)7(5)3-6/h1-4H,(H,14,15). The van der Waals surface area contributed by atoms with Gasteiger partial charge >= 0.3 is 6.18 Å². The van der Waals surface area contributed by atoms with Gasteiger partial charge in [0.05, 0.1) is 17.1 Å². The van der Waals surface area contributed by atoms with Gasteiger partial charge in [-0.3, -0.25) is 4.79 Å². The van der Waals surface area contributed by atoms with E-state index in [2.05, 4.69) is 10.2 Å². The van der Waals surface area contributed by atoms with Gasteiger partial charge in [0.25, 0.3) is 5.56 Å². The van der Waals surface area contributed by atoms with Crippen LogP contribution in [0.4, 0.5) is 13.2 Å². The summed E-state index contributed by atoms with van der Waals surface area (Å²) in [6.07, 6.45) is -3.14.